The largest absolute Gasteiger partial charge is 0.367 e. The van der Waals surface area contributed by atoms with Crippen molar-refractivity contribution in [1.82, 2.24) is 14.8 Å². The van der Waals surface area contributed by atoms with Crippen molar-refractivity contribution in [3.63, 3.8) is 0 Å². The molecule has 2 aliphatic rings. The number of carbonyl (C=O) groups is 1. The molecule has 39 heavy (non-hydrogen) atoms. The number of terminal acetylenes is 2. The number of hydrogen-bond acceptors (Lipinski definition) is 5. The molecule has 0 N–H and O–H groups in total. The van der Waals surface area contributed by atoms with Gasteiger partial charge in [-0.1, -0.05) is 24.1 Å². The van der Waals surface area contributed by atoms with Crippen molar-refractivity contribution >= 4 is 17.3 Å². The van der Waals surface area contributed by atoms with Crippen LogP contribution in [0.2, 0.25) is 0 Å². The van der Waals surface area contributed by atoms with Crippen LogP contribution in [0.5, 0.6) is 0 Å². The fourth-order valence-electron chi connectivity index (χ4n) is 5.64. The summed E-state index contributed by atoms with van der Waals surface area (Å²) < 4.78 is 0. The number of para-hydroxylation sites is 1. The summed E-state index contributed by atoms with van der Waals surface area (Å²) in [5.74, 6) is 5.60. The van der Waals surface area contributed by atoms with E-state index in [-0.39, 0.29) is 5.91 Å². The van der Waals surface area contributed by atoms with E-state index in [0.717, 1.165) is 73.9 Å². The highest BCUT2D eigenvalue weighted by atomic mass is 16.2. The third-order valence-electron chi connectivity index (χ3n) is 7.91. The summed E-state index contributed by atoms with van der Waals surface area (Å²) in [5, 5.41) is 0. The Kier molecular flexibility index (Phi) is 7.87. The van der Waals surface area contributed by atoms with Gasteiger partial charge in [-0.3, -0.25) is 9.69 Å². The molecule has 2 saturated heterocycles. The molecule has 5 rings (SSSR count). The van der Waals surface area contributed by atoms with E-state index in [2.05, 4.69) is 56.6 Å². The Balaban J connectivity index is 1.23. The molecule has 1 aromatic heterocycles. The van der Waals surface area contributed by atoms with Crippen molar-refractivity contribution in [2.24, 2.45) is 0 Å². The van der Waals surface area contributed by atoms with Gasteiger partial charge >= 0.3 is 0 Å². The monoisotopic (exact) mass is 517 g/mol. The summed E-state index contributed by atoms with van der Waals surface area (Å²) in [6, 6.07) is 16.3. The average molecular weight is 518 g/mol. The van der Waals surface area contributed by atoms with E-state index in [9.17, 15) is 4.79 Å². The van der Waals surface area contributed by atoms with Gasteiger partial charge in [-0.25, -0.2) is 4.98 Å². The van der Waals surface area contributed by atoms with Crippen molar-refractivity contribution in [3.8, 4) is 24.7 Å². The highest BCUT2D eigenvalue weighted by molar-refractivity contribution is 5.96. The summed E-state index contributed by atoms with van der Waals surface area (Å²) in [7, 11) is 0. The molecule has 2 fully saturated rings. The molecule has 0 radical (unpaired) electrons. The van der Waals surface area contributed by atoms with E-state index in [1.165, 1.54) is 11.1 Å². The van der Waals surface area contributed by atoms with Crippen LogP contribution in [0.25, 0.3) is 0 Å². The van der Waals surface area contributed by atoms with Gasteiger partial charge in [0, 0.05) is 76.2 Å². The molecule has 3 heterocycles. The van der Waals surface area contributed by atoms with Crippen molar-refractivity contribution in [3.05, 3.63) is 88.2 Å². The van der Waals surface area contributed by atoms with Crippen LogP contribution in [0.1, 0.15) is 38.3 Å². The zero-order chi connectivity index (χ0) is 27.4. The minimum atomic E-state index is 0.113. The van der Waals surface area contributed by atoms with Crippen LogP contribution in [0.15, 0.2) is 54.7 Å². The predicted molar refractivity (Wildman–Crippen MR) is 158 cm³/mol. The second kappa shape index (κ2) is 11.6. The molecule has 0 spiro atoms. The average Bonchev–Trinajstić information content (AvgIpc) is 2.98. The maximum absolute atomic E-state index is 13.6. The zero-order valence-electron chi connectivity index (χ0n) is 22.9. The second-order valence-electron chi connectivity index (χ2n) is 10.3. The minimum Gasteiger partial charge on any atom is -0.367 e. The molecule has 0 aliphatic carbocycles. The van der Waals surface area contributed by atoms with Gasteiger partial charge in [-0.05, 0) is 66.8 Å². The van der Waals surface area contributed by atoms with E-state index in [0.29, 0.717) is 18.8 Å². The molecular formula is C33H35N5O. The maximum Gasteiger partial charge on any atom is 0.254 e. The summed E-state index contributed by atoms with van der Waals surface area (Å²) in [6.07, 6.45) is 13.1. The van der Waals surface area contributed by atoms with E-state index >= 15 is 0 Å². The maximum atomic E-state index is 13.6. The standard InChI is InChI=1S/C33H35N5O/c1-5-27-10-7-8-11-31(27)36-18-20-38(21-19-36)33(39)29-23-28(25(3)22-26(29)4)24-35-14-16-37(17-15-35)32-12-9-13-34-30(32)6-2/h1-2,7-13,22-23H,14-21,24H2,3-4H3. The lowest BCUT2D eigenvalue weighted by Crippen LogP contribution is -2.49. The predicted octanol–water partition coefficient (Wildman–Crippen LogP) is 3.95. The number of amides is 1. The highest BCUT2D eigenvalue weighted by Gasteiger charge is 2.26. The SMILES string of the molecule is C#Cc1ccccc1N1CCN(C(=O)c2cc(CN3CCN(c4cccnc4C#C)CC3)c(C)cc2C)CC1. The molecule has 198 valence electrons. The number of pyridine rings is 1. The minimum absolute atomic E-state index is 0.113. The lowest BCUT2D eigenvalue weighted by atomic mass is 9.98. The number of aromatic nitrogens is 1. The number of piperazine rings is 2. The van der Waals surface area contributed by atoms with Gasteiger partial charge in [0.1, 0.15) is 5.69 Å². The quantitative estimate of drug-likeness (QED) is 0.480. The first kappa shape index (κ1) is 26.4. The van der Waals surface area contributed by atoms with Crippen LogP contribution >= 0.6 is 0 Å². The fraction of sp³-hybridized carbons (Fsp3) is 0.333. The topological polar surface area (TPSA) is 42.9 Å². The third-order valence-corrected chi connectivity index (χ3v) is 7.91. The van der Waals surface area contributed by atoms with Gasteiger partial charge in [0.2, 0.25) is 0 Å². The summed E-state index contributed by atoms with van der Waals surface area (Å²) >= 11 is 0. The molecule has 0 saturated carbocycles. The number of carbonyl (C=O) groups excluding carboxylic acids is 1. The number of anilines is 2. The molecule has 2 aromatic carbocycles. The Morgan fingerprint density at radius 2 is 1.49 bits per heavy atom. The Labute approximate surface area is 232 Å². The van der Waals surface area contributed by atoms with Crippen LogP contribution in [0, 0.1) is 38.5 Å². The molecule has 6 nitrogen and oxygen atoms in total. The van der Waals surface area contributed by atoms with Crippen LogP contribution < -0.4 is 9.80 Å². The number of nitrogens with zero attached hydrogens (tertiary/aromatic N) is 5. The number of hydrogen-bond donors (Lipinski definition) is 0. The Morgan fingerprint density at radius 1 is 0.821 bits per heavy atom. The van der Waals surface area contributed by atoms with Gasteiger partial charge < -0.3 is 14.7 Å². The first-order chi connectivity index (χ1) is 19.0. The van der Waals surface area contributed by atoms with Gasteiger partial charge in [0.05, 0.1) is 11.4 Å². The van der Waals surface area contributed by atoms with Gasteiger partial charge in [-0.2, -0.15) is 0 Å². The molecule has 0 bridgehead atoms. The fourth-order valence-corrected chi connectivity index (χ4v) is 5.64. The summed E-state index contributed by atoms with van der Waals surface area (Å²) in [6.45, 7) is 11.5. The lowest BCUT2D eigenvalue weighted by Gasteiger charge is -2.37. The summed E-state index contributed by atoms with van der Waals surface area (Å²) in [5.41, 5.74) is 7.97. The Morgan fingerprint density at radius 3 is 2.21 bits per heavy atom. The Bertz CT molecular complexity index is 1430. The molecule has 6 heteroatoms. The zero-order valence-corrected chi connectivity index (χ0v) is 22.9. The molecule has 1 amide bonds. The van der Waals surface area contributed by atoms with E-state index in [1.54, 1.807) is 6.20 Å². The number of aryl methyl sites for hydroxylation is 2. The van der Waals surface area contributed by atoms with Crippen molar-refractivity contribution in [1.29, 1.82) is 0 Å². The molecule has 3 aromatic rings. The summed E-state index contributed by atoms with van der Waals surface area (Å²) in [4.78, 5) is 27.0. The van der Waals surface area contributed by atoms with E-state index in [4.69, 9.17) is 12.8 Å². The van der Waals surface area contributed by atoms with Gasteiger partial charge in [0.15, 0.2) is 0 Å². The van der Waals surface area contributed by atoms with Crippen LogP contribution in [0.4, 0.5) is 11.4 Å². The van der Waals surface area contributed by atoms with Crippen LogP contribution in [0.3, 0.4) is 0 Å². The molecule has 0 atom stereocenters. The number of rotatable bonds is 5. The van der Waals surface area contributed by atoms with Gasteiger partial charge in [-0.15, -0.1) is 12.8 Å². The van der Waals surface area contributed by atoms with Gasteiger partial charge in [0.25, 0.3) is 5.91 Å². The first-order valence-electron chi connectivity index (χ1n) is 13.6. The Hall–Kier alpha value is -4.26. The molecule has 2 aliphatic heterocycles. The smallest absolute Gasteiger partial charge is 0.254 e. The third kappa shape index (κ3) is 5.62. The van der Waals surface area contributed by atoms with Crippen molar-refractivity contribution in [2.75, 3.05) is 62.2 Å². The van der Waals surface area contributed by atoms with Crippen molar-refractivity contribution < 1.29 is 4.79 Å². The molecular weight excluding hydrogens is 482 g/mol. The molecule has 0 unspecified atom stereocenters. The van der Waals surface area contributed by atoms with Crippen LogP contribution in [-0.4, -0.2) is 73.0 Å². The van der Waals surface area contributed by atoms with Crippen LogP contribution in [-0.2, 0) is 6.54 Å². The lowest BCUT2D eigenvalue weighted by molar-refractivity contribution is 0.0746. The normalized spacial score (nSPS) is 16.1. The highest BCUT2D eigenvalue weighted by Crippen LogP contribution is 2.25. The van der Waals surface area contributed by atoms with Crippen molar-refractivity contribution in [2.45, 2.75) is 20.4 Å². The second-order valence-corrected chi connectivity index (χ2v) is 10.3. The first-order valence-corrected chi connectivity index (χ1v) is 13.6. The van der Waals surface area contributed by atoms with E-state index in [1.807, 2.05) is 42.2 Å². The van der Waals surface area contributed by atoms with E-state index < -0.39 is 0 Å². The number of benzene rings is 2.